The number of rotatable bonds is 4. The zero-order chi connectivity index (χ0) is 13.4. The molecule has 0 aliphatic heterocycles. The number of fused-ring (bicyclic) bond motifs is 2. The summed E-state index contributed by atoms with van der Waals surface area (Å²) in [6, 6.07) is 5.25. The molecule has 0 aromatic heterocycles. The minimum atomic E-state index is 0.0274. The molecule has 1 aromatic rings. The molecule has 0 saturated heterocycles. The van der Waals surface area contributed by atoms with Crippen LogP contribution in [0.15, 0.2) is 18.2 Å². The summed E-state index contributed by atoms with van der Waals surface area (Å²) in [5, 5.41) is 8.19. The quantitative estimate of drug-likeness (QED) is 0.655. The summed E-state index contributed by atoms with van der Waals surface area (Å²) >= 11 is 5.99. The van der Waals surface area contributed by atoms with Gasteiger partial charge < -0.3 is 10.5 Å². The van der Waals surface area contributed by atoms with Crippen LogP contribution in [-0.2, 0) is 0 Å². The second-order valence-corrected chi connectivity index (χ2v) is 6.24. The van der Waals surface area contributed by atoms with E-state index in [0.29, 0.717) is 22.3 Å². The summed E-state index contributed by atoms with van der Waals surface area (Å²) in [5.74, 6) is 3.09. The Morgan fingerprint density at radius 3 is 2.84 bits per heavy atom. The van der Waals surface area contributed by atoms with E-state index in [9.17, 15) is 0 Å². The van der Waals surface area contributed by atoms with E-state index >= 15 is 0 Å². The molecule has 3 N–H and O–H groups in total. The van der Waals surface area contributed by atoms with E-state index in [4.69, 9.17) is 27.5 Å². The largest absolute Gasteiger partial charge is 0.492 e. The van der Waals surface area contributed by atoms with Crippen molar-refractivity contribution in [3.63, 3.8) is 0 Å². The Bertz CT molecular complexity index is 503. The van der Waals surface area contributed by atoms with Gasteiger partial charge >= 0.3 is 0 Å². The summed E-state index contributed by atoms with van der Waals surface area (Å²) in [7, 11) is 0. The first-order valence-corrected chi connectivity index (χ1v) is 7.28. The number of nitrogens with one attached hydrogen (secondary N) is 1. The normalized spacial score (nSPS) is 28.6. The van der Waals surface area contributed by atoms with Crippen LogP contribution in [0.4, 0.5) is 0 Å². The van der Waals surface area contributed by atoms with Crippen LogP contribution in [-0.4, -0.2) is 12.4 Å². The Labute approximate surface area is 118 Å². The Kier molecular flexibility index (Phi) is 3.40. The lowest BCUT2D eigenvalue weighted by Crippen LogP contribution is -2.20. The topological polar surface area (TPSA) is 59.1 Å². The highest BCUT2D eigenvalue weighted by atomic mass is 35.5. The molecular formula is C15H19ClN2O. The Hall–Kier alpha value is -1.22. The van der Waals surface area contributed by atoms with Gasteiger partial charge in [-0.15, -0.1) is 0 Å². The number of nitrogens with two attached hydrogens (primary N) is 1. The number of hydrogen-bond donors (Lipinski definition) is 2. The second kappa shape index (κ2) is 5.04. The molecule has 2 saturated carbocycles. The fraction of sp³-hybridized carbons (Fsp3) is 0.533. The maximum Gasteiger partial charge on any atom is 0.131 e. The minimum absolute atomic E-state index is 0.0274. The molecule has 3 atom stereocenters. The van der Waals surface area contributed by atoms with Crippen LogP contribution in [0, 0.1) is 23.2 Å². The van der Waals surface area contributed by atoms with Crippen molar-refractivity contribution < 1.29 is 4.74 Å². The van der Waals surface area contributed by atoms with Crippen molar-refractivity contribution in [3.8, 4) is 5.75 Å². The number of nitrogen functional groups attached to an aromatic ring is 1. The molecule has 0 heterocycles. The number of hydrogen-bond acceptors (Lipinski definition) is 2. The molecule has 2 aliphatic rings. The number of benzene rings is 1. The van der Waals surface area contributed by atoms with Crippen LogP contribution in [0.2, 0.25) is 5.02 Å². The first-order valence-electron chi connectivity index (χ1n) is 6.90. The average Bonchev–Trinajstić information content (AvgIpc) is 2.98. The molecule has 0 spiro atoms. The highest BCUT2D eigenvalue weighted by Gasteiger charge is 2.39. The van der Waals surface area contributed by atoms with Crippen LogP contribution < -0.4 is 10.5 Å². The van der Waals surface area contributed by atoms with E-state index in [2.05, 4.69) is 0 Å². The standard InChI is InChI=1S/C15H19ClN2O/c16-12-3-4-13(15(17)18)14(7-12)19-8-11-6-9-1-2-10(11)5-9/h3-4,7,9-11H,1-2,5-6,8H2,(H3,17,18). The van der Waals surface area contributed by atoms with Gasteiger partial charge in [0.25, 0.3) is 0 Å². The molecule has 19 heavy (non-hydrogen) atoms. The van der Waals surface area contributed by atoms with Gasteiger partial charge in [0.1, 0.15) is 11.6 Å². The number of ether oxygens (including phenoxy) is 1. The van der Waals surface area contributed by atoms with E-state index in [1.54, 1.807) is 18.2 Å². The van der Waals surface area contributed by atoms with E-state index in [-0.39, 0.29) is 5.84 Å². The Balaban J connectivity index is 1.69. The van der Waals surface area contributed by atoms with Crippen LogP contribution in [0.5, 0.6) is 5.75 Å². The summed E-state index contributed by atoms with van der Waals surface area (Å²) < 4.78 is 5.91. The fourth-order valence-corrected chi connectivity index (χ4v) is 3.78. The average molecular weight is 279 g/mol. The molecule has 0 radical (unpaired) electrons. The zero-order valence-corrected chi connectivity index (χ0v) is 11.6. The van der Waals surface area contributed by atoms with Gasteiger partial charge in [-0.05, 0) is 55.2 Å². The Morgan fingerprint density at radius 1 is 1.37 bits per heavy atom. The predicted molar refractivity (Wildman–Crippen MR) is 76.9 cm³/mol. The maximum absolute atomic E-state index is 7.57. The molecule has 2 aliphatic carbocycles. The Morgan fingerprint density at radius 2 is 2.21 bits per heavy atom. The van der Waals surface area contributed by atoms with E-state index in [1.807, 2.05) is 0 Å². The van der Waals surface area contributed by atoms with Gasteiger partial charge in [-0.1, -0.05) is 18.0 Å². The lowest BCUT2D eigenvalue weighted by Gasteiger charge is -2.22. The summed E-state index contributed by atoms with van der Waals surface area (Å²) in [6.07, 6.45) is 5.43. The predicted octanol–water partition coefficient (Wildman–Crippen LogP) is 3.44. The number of halogens is 1. The third-order valence-electron chi connectivity index (χ3n) is 4.57. The number of amidine groups is 1. The van der Waals surface area contributed by atoms with Gasteiger partial charge in [-0.2, -0.15) is 0 Å². The lowest BCUT2D eigenvalue weighted by molar-refractivity contribution is 0.195. The van der Waals surface area contributed by atoms with Crippen molar-refractivity contribution in [1.29, 1.82) is 5.41 Å². The van der Waals surface area contributed by atoms with Crippen molar-refractivity contribution in [3.05, 3.63) is 28.8 Å². The second-order valence-electron chi connectivity index (χ2n) is 5.80. The van der Waals surface area contributed by atoms with Gasteiger partial charge in [-0.25, -0.2) is 0 Å². The van der Waals surface area contributed by atoms with Crippen molar-refractivity contribution >= 4 is 17.4 Å². The van der Waals surface area contributed by atoms with Crippen molar-refractivity contribution in [2.75, 3.05) is 6.61 Å². The van der Waals surface area contributed by atoms with E-state index in [1.165, 1.54) is 25.7 Å². The van der Waals surface area contributed by atoms with Crippen molar-refractivity contribution in [2.24, 2.45) is 23.5 Å². The minimum Gasteiger partial charge on any atom is -0.492 e. The lowest BCUT2D eigenvalue weighted by atomic mass is 9.89. The SMILES string of the molecule is N=C(N)c1ccc(Cl)cc1OCC1CC2CCC1C2. The van der Waals surface area contributed by atoms with Crippen LogP contribution in [0.1, 0.15) is 31.2 Å². The molecular weight excluding hydrogens is 260 g/mol. The van der Waals surface area contributed by atoms with Gasteiger partial charge in [0.05, 0.1) is 12.2 Å². The summed E-state index contributed by atoms with van der Waals surface area (Å²) in [5.41, 5.74) is 6.20. The first-order chi connectivity index (χ1) is 9.13. The fourth-order valence-electron chi connectivity index (χ4n) is 3.62. The molecule has 0 amide bonds. The summed E-state index contributed by atoms with van der Waals surface area (Å²) in [4.78, 5) is 0. The van der Waals surface area contributed by atoms with Crippen LogP contribution in [0.3, 0.4) is 0 Å². The molecule has 3 unspecified atom stereocenters. The van der Waals surface area contributed by atoms with Gasteiger partial charge in [-0.3, -0.25) is 5.41 Å². The summed E-state index contributed by atoms with van der Waals surface area (Å²) in [6.45, 7) is 0.724. The van der Waals surface area contributed by atoms with Crippen LogP contribution in [0.25, 0.3) is 0 Å². The van der Waals surface area contributed by atoms with Gasteiger partial charge in [0, 0.05) is 5.02 Å². The highest BCUT2D eigenvalue weighted by Crippen LogP contribution is 2.48. The van der Waals surface area contributed by atoms with Gasteiger partial charge in [0.2, 0.25) is 0 Å². The molecule has 102 valence electrons. The molecule has 1 aromatic carbocycles. The van der Waals surface area contributed by atoms with Crippen molar-refractivity contribution in [2.45, 2.75) is 25.7 Å². The molecule has 3 rings (SSSR count). The third kappa shape index (κ3) is 2.57. The highest BCUT2D eigenvalue weighted by molar-refractivity contribution is 6.30. The molecule has 4 heteroatoms. The third-order valence-corrected chi connectivity index (χ3v) is 4.81. The molecule has 3 nitrogen and oxygen atoms in total. The van der Waals surface area contributed by atoms with Crippen LogP contribution >= 0.6 is 11.6 Å². The van der Waals surface area contributed by atoms with Gasteiger partial charge in [0.15, 0.2) is 0 Å². The monoisotopic (exact) mass is 278 g/mol. The zero-order valence-electron chi connectivity index (χ0n) is 10.9. The van der Waals surface area contributed by atoms with E-state index < -0.39 is 0 Å². The first kappa shape index (κ1) is 12.8. The maximum atomic E-state index is 7.57. The van der Waals surface area contributed by atoms with Crippen molar-refractivity contribution in [1.82, 2.24) is 0 Å². The smallest absolute Gasteiger partial charge is 0.131 e. The van der Waals surface area contributed by atoms with E-state index in [0.717, 1.165) is 18.4 Å². The molecule has 2 fully saturated rings. The molecule has 2 bridgehead atoms.